The van der Waals surface area contributed by atoms with Crippen molar-refractivity contribution in [1.82, 2.24) is 10.2 Å². The molecular weight excluding hydrogens is 452 g/mol. The lowest BCUT2D eigenvalue weighted by molar-refractivity contribution is -0.160. The second kappa shape index (κ2) is 13.1. The Hall–Kier alpha value is -2.06. The zero-order chi connectivity index (χ0) is 25.3. The minimum absolute atomic E-state index is 0.0952. The van der Waals surface area contributed by atoms with Crippen molar-refractivity contribution < 1.29 is 23.9 Å². The fourth-order valence-corrected chi connectivity index (χ4v) is 5.34. The summed E-state index contributed by atoms with van der Waals surface area (Å²) in [6, 6.07) is 8.62. The van der Waals surface area contributed by atoms with Crippen molar-refractivity contribution in [2.75, 3.05) is 24.7 Å². The standard InChI is InChI=1S/C26H40N2O5S/c1-7-32-25(31)20(14-13-19-11-9-8-10-12-19)27-21-16-34-17-22(18(2)3)28(24(21)30)15-23(29)33-26(4,5)6/h8-12,18,20-22,27H,7,13-17H2,1-6H3/t20-,21?,22?/m0/s1. The van der Waals surface area contributed by atoms with Crippen LogP contribution in [0.25, 0.3) is 0 Å². The molecule has 0 saturated carbocycles. The Balaban J connectivity index is 2.19. The van der Waals surface area contributed by atoms with Crippen molar-refractivity contribution in [3.05, 3.63) is 35.9 Å². The summed E-state index contributed by atoms with van der Waals surface area (Å²) in [5.74, 6) is 0.454. The number of thioether (sulfide) groups is 1. The minimum Gasteiger partial charge on any atom is -0.465 e. The number of aryl methyl sites for hydroxylation is 1. The third-order valence-electron chi connectivity index (χ3n) is 5.58. The number of rotatable bonds is 10. The van der Waals surface area contributed by atoms with Crippen molar-refractivity contribution in [2.24, 2.45) is 5.92 Å². The third-order valence-corrected chi connectivity index (χ3v) is 6.73. The molecule has 1 aliphatic rings. The molecule has 0 bridgehead atoms. The number of benzene rings is 1. The number of amides is 1. The van der Waals surface area contributed by atoms with E-state index < -0.39 is 23.7 Å². The Bertz CT molecular complexity index is 809. The van der Waals surface area contributed by atoms with E-state index >= 15 is 0 Å². The Morgan fingerprint density at radius 2 is 1.85 bits per heavy atom. The van der Waals surface area contributed by atoms with E-state index in [1.54, 1.807) is 23.6 Å². The van der Waals surface area contributed by atoms with Gasteiger partial charge in [-0.25, -0.2) is 0 Å². The molecule has 0 spiro atoms. The van der Waals surface area contributed by atoms with Crippen molar-refractivity contribution in [3.8, 4) is 0 Å². The van der Waals surface area contributed by atoms with Crippen LogP contribution >= 0.6 is 11.8 Å². The normalized spacial score (nSPS) is 20.1. The molecule has 1 N–H and O–H groups in total. The third kappa shape index (κ3) is 8.95. The topological polar surface area (TPSA) is 84.9 Å². The number of ether oxygens (including phenoxy) is 2. The molecule has 2 rings (SSSR count). The van der Waals surface area contributed by atoms with Gasteiger partial charge in [-0.05, 0) is 52.0 Å². The molecule has 2 unspecified atom stereocenters. The predicted octanol–water partition coefficient (Wildman–Crippen LogP) is 3.45. The maximum Gasteiger partial charge on any atom is 0.326 e. The average Bonchev–Trinajstić information content (AvgIpc) is 2.90. The second-order valence-electron chi connectivity index (χ2n) is 9.95. The lowest BCUT2D eigenvalue weighted by atomic mass is 10.0. The van der Waals surface area contributed by atoms with Crippen molar-refractivity contribution in [1.29, 1.82) is 0 Å². The van der Waals surface area contributed by atoms with E-state index in [-0.39, 0.29) is 37.0 Å². The Labute approximate surface area is 208 Å². The van der Waals surface area contributed by atoms with Crippen LogP contribution in [-0.2, 0) is 30.3 Å². The highest BCUT2D eigenvalue weighted by Gasteiger charge is 2.38. The maximum atomic E-state index is 13.6. The number of nitrogens with one attached hydrogen (secondary N) is 1. The summed E-state index contributed by atoms with van der Waals surface area (Å²) in [7, 11) is 0. The Kier molecular flexibility index (Phi) is 10.9. The van der Waals surface area contributed by atoms with E-state index in [9.17, 15) is 14.4 Å². The largest absolute Gasteiger partial charge is 0.465 e. The number of hydrogen-bond donors (Lipinski definition) is 1. The molecule has 1 aromatic carbocycles. The van der Waals surface area contributed by atoms with Crippen LogP contribution in [0.5, 0.6) is 0 Å². The highest BCUT2D eigenvalue weighted by molar-refractivity contribution is 7.99. The van der Waals surface area contributed by atoms with Gasteiger partial charge in [0.2, 0.25) is 5.91 Å². The van der Waals surface area contributed by atoms with Crippen molar-refractivity contribution in [3.63, 3.8) is 0 Å². The first-order chi connectivity index (χ1) is 16.0. The summed E-state index contributed by atoms with van der Waals surface area (Å²) < 4.78 is 10.8. The molecule has 1 saturated heterocycles. The van der Waals surface area contributed by atoms with Gasteiger partial charge in [0.1, 0.15) is 18.2 Å². The summed E-state index contributed by atoms with van der Waals surface area (Å²) in [6.07, 6.45) is 1.19. The molecule has 190 valence electrons. The first-order valence-corrected chi connectivity index (χ1v) is 13.2. The van der Waals surface area contributed by atoms with Crippen molar-refractivity contribution in [2.45, 2.75) is 78.1 Å². The molecular formula is C26H40N2O5S. The van der Waals surface area contributed by atoms with Gasteiger partial charge >= 0.3 is 11.9 Å². The number of hydrogen-bond acceptors (Lipinski definition) is 7. The van der Waals surface area contributed by atoms with Crippen molar-refractivity contribution >= 4 is 29.6 Å². The molecule has 34 heavy (non-hydrogen) atoms. The summed E-state index contributed by atoms with van der Waals surface area (Å²) in [5.41, 5.74) is 0.490. The summed E-state index contributed by atoms with van der Waals surface area (Å²) in [5, 5.41) is 3.27. The monoisotopic (exact) mass is 492 g/mol. The molecule has 8 heteroatoms. The minimum atomic E-state index is -0.627. The fourth-order valence-electron chi connectivity index (χ4n) is 3.92. The number of carbonyl (C=O) groups is 3. The van der Waals surface area contributed by atoms with E-state index in [4.69, 9.17) is 9.47 Å². The van der Waals surface area contributed by atoms with E-state index in [0.717, 1.165) is 11.3 Å². The van der Waals surface area contributed by atoms with Gasteiger partial charge in [-0.15, -0.1) is 0 Å². The first kappa shape index (κ1) is 28.2. The van der Waals surface area contributed by atoms with Crippen LogP contribution in [0.3, 0.4) is 0 Å². The Morgan fingerprint density at radius 3 is 2.44 bits per heavy atom. The highest BCUT2D eigenvalue weighted by atomic mass is 32.2. The first-order valence-electron chi connectivity index (χ1n) is 12.1. The molecule has 1 fully saturated rings. The van der Waals surface area contributed by atoms with E-state index in [1.807, 2.05) is 51.1 Å². The van der Waals surface area contributed by atoms with Crippen LogP contribution < -0.4 is 5.32 Å². The van der Waals surface area contributed by atoms with Gasteiger partial charge in [-0.2, -0.15) is 11.8 Å². The SMILES string of the molecule is CCOC(=O)[C@H](CCc1ccccc1)NC1CSCC(C(C)C)N(CC(=O)OC(C)(C)C)C1=O. The number of carbonyl (C=O) groups excluding carboxylic acids is 3. The van der Waals surface area contributed by atoms with Gasteiger partial charge in [-0.1, -0.05) is 44.2 Å². The summed E-state index contributed by atoms with van der Waals surface area (Å²) in [6.45, 7) is 11.5. The molecule has 1 aromatic rings. The molecule has 1 amide bonds. The fraction of sp³-hybridized carbons (Fsp3) is 0.654. The second-order valence-corrected chi connectivity index (χ2v) is 11.0. The predicted molar refractivity (Wildman–Crippen MR) is 136 cm³/mol. The zero-order valence-corrected chi connectivity index (χ0v) is 22.2. The molecule has 0 radical (unpaired) electrons. The van der Waals surface area contributed by atoms with Gasteiger partial charge in [0, 0.05) is 17.5 Å². The van der Waals surface area contributed by atoms with Crippen LogP contribution in [-0.4, -0.2) is 71.1 Å². The van der Waals surface area contributed by atoms with Gasteiger partial charge in [0.25, 0.3) is 0 Å². The summed E-state index contributed by atoms with van der Waals surface area (Å²) >= 11 is 1.66. The average molecular weight is 493 g/mol. The van der Waals surface area contributed by atoms with E-state index in [1.165, 1.54) is 0 Å². The highest BCUT2D eigenvalue weighted by Crippen LogP contribution is 2.24. The van der Waals surface area contributed by atoms with Crippen LogP contribution in [0.1, 0.15) is 53.5 Å². The molecule has 7 nitrogen and oxygen atoms in total. The number of nitrogens with zero attached hydrogens (tertiary/aromatic N) is 1. The maximum absolute atomic E-state index is 13.6. The van der Waals surface area contributed by atoms with E-state index in [2.05, 4.69) is 19.2 Å². The molecule has 0 aliphatic carbocycles. The van der Waals surface area contributed by atoms with Gasteiger partial charge in [-0.3, -0.25) is 19.7 Å². The lowest BCUT2D eigenvalue weighted by Gasteiger charge is -2.34. The van der Waals surface area contributed by atoms with Crippen LogP contribution in [0.15, 0.2) is 30.3 Å². The zero-order valence-electron chi connectivity index (χ0n) is 21.3. The Morgan fingerprint density at radius 1 is 1.18 bits per heavy atom. The van der Waals surface area contributed by atoms with E-state index in [0.29, 0.717) is 18.6 Å². The van der Waals surface area contributed by atoms with Crippen LogP contribution in [0.4, 0.5) is 0 Å². The van der Waals surface area contributed by atoms with Gasteiger partial charge < -0.3 is 14.4 Å². The molecule has 3 atom stereocenters. The molecule has 0 aromatic heterocycles. The molecule has 1 aliphatic heterocycles. The van der Waals surface area contributed by atoms with Crippen LogP contribution in [0, 0.1) is 5.92 Å². The lowest BCUT2D eigenvalue weighted by Crippen LogP contribution is -2.56. The summed E-state index contributed by atoms with van der Waals surface area (Å²) in [4.78, 5) is 40.6. The van der Waals surface area contributed by atoms with Gasteiger partial charge in [0.15, 0.2) is 0 Å². The van der Waals surface area contributed by atoms with Gasteiger partial charge in [0.05, 0.1) is 12.6 Å². The smallest absolute Gasteiger partial charge is 0.326 e. The van der Waals surface area contributed by atoms with Crippen LogP contribution in [0.2, 0.25) is 0 Å². The molecule has 1 heterocycles. The number of esters is 2. The quantitative estimate of drug-likeness (QED) is 0.501.